The highest BCUT2D eigenvalue weighted by Crippen LogP contribution is 2.27. The lowest BCUT2D eigenvalue weighted by atomic mass is 10.2. The Balaban J connectivity index is 1.82. The van der Waals surface area contributed by atoms with Crippen molar-refractivity contribution in [3.8, 4) is 6.07 Å². The maximum Gasteiger partial charge on any atom is 0.280 e. The fourth-order valence-electron chi connectivity index (χ4n) is 3.91. The fraction of sp³-hybridized carbons (Fsp3) is 0.455. The summed E-state index contributed by atoms with van der Waals surface area (Å²) in [6, 6.07) is 8.53. The zero-order valence-corrected chi connectivity index (χ0v) is 16.6. The van der Waals surface area contributed by atoms with Gasteiger partial charge in [-0.1, -0.05) is 12.1 Å². The van der Waals surface area contributed by atoms with Gasteiger partial charge in [0.1, 0.15) is 17.7 Å². The molecule has 3 rings (SSSR count). The van der Waals surface area contributed by atoms with E-state index in [9.17, 15) is 14.4 Å². The van der Waals surface area contributed by atoms with Crippen molar-refractivity contribution in [1.82, 2.24) is 4.57 Å². The lowest BCUT2D eigenvalue weighted by molar-refractivity contribution is -0.891. The van der Waals surface area contributed by atoms with Crippen LogP contribution in [-0.2, 0) is 11.3 Å². The summed E-state index contributed by atoms with van der Waals surface area (Å²) in [6.45, 7) is 6.77. The maximum absolute atomic E-state index is 13.2. The Morgan fingerprint density at radius 3 is 2.43 bits per heavy atom. The van der Waals surface area contributed by atoms with Crippen molar-refractivity contribution in [2.75, 3.05) is 25.0 Å². The number of nitrogens with one attached hydrogen (secondary N) is 2. The number of benzene rings is 1. The van der Waals surface area contributed by atoms with Crippen LogP contribution in [0, 0.1) is 31.0 Å². The summed E-state index contributed by atoms with van der Waals surface area (Å²) in [4.78, 5) is 14.0. The summed E-state index contributed by atoms with van der Waals surface area (Å²) in [5, 5.41) is 12.6. The van der Waals surface area contributed by atoms with Crippen LogP contribution in [0.5, 0.6) is 0 Å². The number of carbonyl (C=O) groups is 1. The van der Waals surface area contributed by atoms with E-state index in [1.165, 1.54) is 29.9 Å². The highest BCUT2D eigenvalue weighted by Gasteiger charge is 2.22. The molecule has 5 nitrogen and oxygen atoms in total. The molecule has 0 radical (unpaired) electrons. The molecule has 0 aliphatic carbocycles. The van der Waals surface area contributed by atoms with Gasteiger partial charge >= 0.3 is 0 Å². The molecule has 0 bridgehead atoms. The number of aromatic nitrogens is 1. The van der Waals surface area contributed by atoms with Crippen molar-refractivity contribution >= 4 is 11.7 Å². The van der Waals surface area contributed by atoms with Crippen LogP contribution in [-0.4, -0.2) is 30.1 Å². The average Bonchev–Trinajstić information content (AvgIpc) is 2.86. The van der Waals surface area contributed by atoms with Crippen LogP contribution >= 0.6 is 0 Å². The van der Waals surface area contributed by atoms with Gasteiger partial charge in [0, 0.05) is 12.2 Å². The van der Waals surface area contributed by atoms with Gasteiger partial charge in [0.05, 0.1) is 18.7 Å². The zero-order valence-electron chi connectivity index (χ0n) is 16.6. The van der Waals surface area contributed by atoms with Crippen LogP contribution in [0.2, 0.25) is 0 Å². The van der Waals surface area contributed by atoms with Gasteiger partial charge < -0.3 is 14.8 Å². The predicted octanol–water partition coefficient (Wildman–Crippen LogP) is 2.56. The summed E-state index contributed by atoms with van der Waals surface area (Å²) in [5.41, 5.74) is 3.21. The van der Waals surface area contributed by atoms with Crippen molar-refractivity contribution < 1.29 is 14.1 Å². The number of hydrogen-bond acceptors (Lipinski definition) is 2. The Kier molecular flexibility index (Phi) is 6.48. The fourth-order valence-corrected chi connectivity index (χ4v) is 3.91. The van der Waals surface area contributed by atoms with E-state index in [2.05, 4.69) is 11.4 Å². The molecule has 1 aromatic carbocycles. The number of amides is 1. The molecule has 2 N–H and O–H groups in total. The molecular weight excluding hydrogens is 355 g/mol. The monoisotopic (exact) mass is 383 g/mol. The number of nitriles is 1. The molecule has 2 aromatic rings. The van der Waals surface area contributed by atoms with Crippen molar-refractivity contribution in [1.29, 1.82) is 5.26 Å². The standard InChI is InChI=1S/C22H27FN4O/c1-16-17(2)27(14-18-7-9-19(23)10-8-18)22(20(16)13-24)25-21(28)15-26-11-5-3-4-6-12-26/h7-10H,3-6,11-12,14-15H2,1-2H3,(H,25,28)/p+1. The lowest BCUT2D eigenvalue weighted by Gasteiger charge is -2.18. The third kappa shape index (κ3) is 4.60. The summed E-state index contributed by atoms with van der Waals surface area (Å²) < 4.78 is 15.2. The van der Waals surface area contributed by atoms with Crippen LogP contribution in [0.3, 0.4) is 0 Å². The highest BCUT2D eigenvalue weighted by molar-refractivity contribution is 5.92. The molecule has 1 fully saturated rings. The number of anilines is 1. The van der Waals surface area contributed by atoms with Crippen molar-refractivity contribution in [3.63, 3.8) is 0 Å². The maximum atomic E-state index is 13.2. The van der Waals surface area contributed by atoms with Crippen LogP contribution < -0.4 is 10.2 Å². The Hall–Kier alpha value is -2.65. The first-order valence-electron chi connectivity index (χ1n) is 9.97. The second-order valence-corrected chi connectivity index (χ2v) is 7.65. The molecule has 0 unspecified atom stereocenters. The van der Waals surface area contributed by atoms with Crippen molar-refractivity contribution in [2.24, 2.45) is 0 Å². The van der Waals surface area contributed by atoms with E-state index in [1.807, 2.05) is 18.4 Å². The molecule has 148 valence electrons. The number of quaternary nitrogens is 1. The molecule has 1 aliphatic rings. The normalized spacial score (nSPS) is 15.1. The Morgan fingerprint density at radius 2 is 1.82 bits per heavy atom. The summed E-state index contributed by atoms with van der Waals surface area (Å²) in [6.07, 6.45) is 4.79. The third-order valence-corrected chi connectivity index (χ3v) is 5.67. The molecule has 1 amide bonds. The molecule has 1 aromatic heterocycles. The molecule has 28 heavy (non-hydrogen) atoms. The largest absolute Gasteiger partial charge is 0.327 e. The molecule has 1 aliphatic heterocycles. The van der Waals surface area contributed by atoms with E-state index in [-0.39, 0.29) is 11.7 Å². The molecule has 2 heterocycles. The van der Waals surface area contributed by atoms with E-state index in [0.717, 1.165) is 42.8 Å². The first kappa shape index (κ1) is 20.1. The highest BCUT2D eigenvalue weighted by atomic mass is 19.1. The smallest absolute Gasteiger partial charge is 0.280 e. The van der Waals surface area contributed by atoms with Gasteiger partial charge in [0.15, 0.2) is 6.54 Å². The SMILES string of the molecule is Cc1c(C#N)c(NC(=O)C[NH+]2CCCCCC2)n(Cc2ccc(F)cc2)c1C. The number of nitrogens with zero attached hydrogens (tertiary/aromatic N) is 2. The van der Waals surface area contributed by atoms with E-state index in [1.54, 1.807) is 12.1 Å². The summed E-state index contributed by atoms with van der Waals surface area (Å²) in [5.74, 6) is 0.197. The molecule has 0 atom stereocenters. The van der Waals surface area contributed by atoms with Gasteiger partial charge in [-0.3, -0.25) is 4.79 Å². The zero-order chi connectivity index (χ0) is 20.1. The Bertz CT molecular complexity index is 871. The number of likely N-dealkylation sites (tertiary alicyclic amines) is 1. The lowest BCUT2D eigenvalue weighted by Crippen LogP contribution is -3.12. The third-order valence-electron chi connectivity index (χ3n) is 5.67. The Labute approximate surface area is 165 Å². The van der Waals surface area contributed by atoms with E-state index >= 15 is 0 Å². The quantitative estimate of drug-likeness (QED) is 0.834. The number of hydrogen-bond donors (Lipinski definition) is 2. The van der Waals surface area contributed by atoms with Gasteiger partial charge in [-0.15, -0.1) is 0 Å². The van der Waals surface area contributed by atoms with Crippen LogP contribution in [0.25, 0.3) is 0 Å². The molecule has 1 saturated heterocycles. The molecule has 6 heteroatoms. The van der Waals surface area contributed by atoms with Gasteiger partial charge in [0.25, 0.3) is 5.91 Å². The Morgan fingerprint density at radius 1 is 1.18 bits per heavy atom. The van der Waals surface area contributed by atoms with Crippen molar-refractivity contribution in [3.05, 3.63) is 52.5 Å². The minimum absolute atomic E-state index is 0.0637. The predicted molar refractivity (Wildman–Crippen MR) is 107 cm³/mol. The average molecular weight is 383 g/mol. The molecule has 0 saturated carbocycles. The minimum Gasteiger partial charge on any atom is -0.327 e. The van der Waals surface area contributed by atoms with Gasteiger partial charge in [-0.05, 0) is 62.8 Å². The van der Waals surface area contributed by atoms with Crippen molar-refractivity contribution in [2.45, 2.75) is 46.1 Å². The van der Waals surface area contributed by atoms with Gasteiger partial charge in [0.2, 0.25) is 0 Å². The van der Waals surface area contributed by atoms with Gasteiger partial charge in [-0.2, -0.15) is 5.26 Å². The van der Waals surface area contributed by atoms with Gasteiger partial charge in [-0.25, -0.2) is 4.39 Å². The number of halogens is 1. The van der Waals surface area contributed by atoms with E-state index < -0.39 is 0 Å². The number of rotatable bonds is 5. The van der Waals surface area contributed by atoms with Crippen LogP contribution in [0.4, 0.5) is 10.2 Å². The second kappa shape index (κ2) is 9.03. The second-order valence-electron chi connectivity index (χ2n) is 7.65. The number of carbonyl (C=O) groups excluding carboxylic acids is 1. The molecule has 0 spiro atoms. The van der Waals surface area contributed by atoms with Crippen LogP contribution in [0.1, 0.15) is 48.1 Å². The van der Waals surface area contributed by atoms with E-state index in [0.29, 0.717) is 24.5 Å². The topological polar surface area (TPSA) is 62.3 Å². The minimum atomic E-state index is -0.282. The molecular formula is C22H28FN4O+. The summed E-state index contributed by atoms with van der Waals surface area (Å²) >= 11 is 0. The van der Waals surface area contributed by atoms with E-state index in [4.69, 9.17) is 0 Å². The first-order valence-corrected chi connectivity index (χ1v) is 9.97. The van der Waals surface area contributed by atoms with Crippen LogP contribution in [0.15, 0.2) is 24.3 Å². The first-order chi connectivity index (χ1) is 13.5. The summed E-state index contributed by atoms with van der Waals surface area (Å²) in [7, 11) is 0.